The van der Waals surface area contributed by atoms with Crippen LogP contribution < -0.4 is 10.1 Å². The highest BCUT2D eigenvalue weighted by Crippen LogP contribution is 2.48. The first-order valence-corrected chi connectivity index (χ1v) is 10.6. The molecule has 8 nitrogen and oxygen atoms in total. The Balaban J connectivity index is 1.41. The highest BCUT2D eigenvalue weighted by Gasteiger charge is 2.49. The lowest BCUT2D eigenvalue weighted by Gasteiger charge is -2.40. The SMILES string of the molecule is CCOC(=O)N1CCCN(C2CCC3(CC2)C(=O)Nc2cnc(OC)cc23)CC1. The Hall–Kier alpha value is -2.35. The molecular weight excluding hydrogens is 372 g/mol. The number of ether oxygens (including phenoxy) is 2. The van der Waals surface area contributed by atoms with Gasteiger partial charge in [-0.25, -0.2) is 9.78 Å². The summed E-state index contributed by atoms with van der Waals surface area (Å²) in [5.74, 6) is 0.638. The third kappa shape index (κ3) is 3.66. The summed E-state index contributed by atoms with van der Waals surface area (Å²) in [5.41, 5.74) is 1.37. The fourth-order valence-electron chi connectivity index (χ4n) is 5.06. The highest BCUT2D eigenvalue weighted by atomic mass is 16.6. The zero-order valence-corrected chi connectivity index (χ0v) is 17.3. The summed E-state index contributed by atoms with van der Waals surface area (Å²) in [4.78, 5) is 33.4. The van der Waals surface area contributed by atoms with Crippen LogP contribution in [0.1, 0.15) is 44.6 Å². The van der Waals surface area contributed by atoms with E-state index in [1.807, 2.05) is 17.9 Å². The number of hydrogen-bond acceptors (Lipinski definition) is 6. The van der Waals surface area contributed by atoms with Crippen LogP contribution in [0, 0.1) is 0 Å². The summed E-state index contributed by atoms with van der Waals surface area (Å²) in [6.07, 6.45) is 6.02. The van der Waals surface area contributed by atoms with Gasteiger partial charge in [-0.05, 0) is 44.6 Å². The predicted molar refractivity (Wildman–Crippen MR) is 108 cm³/mol. The van der Waals surface area contributed by atoms with E-state index in [9.17, 15) is 9.59 Å². The summed E-state index contributed by atoms with van der Waals surface area (Å²) in [7, 11) is 1.60. The Morgan fingerprint density at radius 1 is 1.28 bits per heavy atom. The molecule has 2 fully saturated rings. The second kappa shape index (κ2) is 8.18. The number of carbonyl (C=O) groups is 2. The van der Waals surface area contributed by atoms with Crippen LogP contribution in [0.3, 0.4) is 0 Å². The molecule has 0 bridgehead atoms. The van der Waals surface area contributed by atoms with Crippen molar-refractivity contribution in [1.29, 1.82) is 0 Å². The summed E-state index contributed by atoms with van der Waals surface area (Å²) in [6, 6.07) is 2.36. The van der Waals surface area contributed by atoms with Crippen molar-refractivity contribution in [3.05, 3.63) is 17.8 Å². The Labute approximate surface area is 171 Å². The summed E-state index contributed by atoms with van der Waals surface area (Å²) in [6.45, 7) is 5.53. The van der Waals surface area contributed by atoms with Gasteiger partial charge in [-0.3, -0.25) is 9.69 Å². The smallest absolute Gasteiger partial charge is 0.409 e. The molecule has 158 valence electrons. The Morgan fingerprint density at radius 3 is 2.79 bits per heavy atom. The van der Waals surface area contributed by atoms with Crippen molar-refractivity contribution in [2.24, 2.45) is 0 Å². The third-order valence-electron chi connectivity index (χ3n) is 6.67. The molecule has 4 rings (SSSR count). The molecule has 0 unspecified atom stereocenters. The van der Waals surface area contributed by atoms with Gasteiger partial charge in [0.25, 0.3) is 0 Å². The quantitative estimate of drug-likeness (QED) is 0.836. The van der Waals surface area contributed by atoms with Crippen LogP contribution in [0.5, 0.6) is 5.88 Å². The maximum absolute atomic E-state index is 12.9. The van der Waals surface area contributed by atoms with Gasteiger partial charge in [-0.15, -0.1) is 0 Å². The van der Waals surface area contributed by atoms with Crippen molar-refractivity contribution in [2.75, 3.05) is 45.2 Å². The van der Waals surface area contributed by atoms with E-state index in [1.165, 1.54) is 0 Å². The van der Waals surface area contributed by atoms with Gasteiger partial charge >= 0.3 is 6.09 Å². The second-order valence-electron chi connectivity index (χ2n) is 8.12. The molecule has 2 aliphatic heterocycles. The first kappa shape index (κ1) is 19.9. The molecule has 1 aromatic heterocycles. The van der Waals surface area contributed by atoms with Gasteiger partial charge in [0.05, 0.1) is 31.0 Å². The fraction of sp³-hybridized carbons (Fsp3) is 0.667. The van der Waals surface area contributed by atoms with E-state index in [1.54, 1.807) is 13.3 Å². The molecule has 3 heterocycles. The molecule has 0 aromatic carbocycles. The van der Waals surface area contributed by atoms with Gasteiger partial charge in [-0.2, -0.15) is 0 Å². The summed E-state index contributed by atoms with van der Waals surface area (Å²) < 4.78 is 10.4. The second-order valence-corrected chi connectivity index (χ2v) is 8.12. The lowest BCUT2D eigenvalue weighted by Crippen LogP contribution is -2.46. The van der Waals surface area contributed by atoms with E-state index in [0.29, 0.717) is 25.1 Å². The maximum atomic E-state index is 12.9. The van der Waals surface area contributed by atoms with Crippen LogP contribution in [0.25, 0.3) is 0 Å². The highest BCUT2D eigenvalue weighted by molar-refractivity contribution is 6.06. The van der Waals surface area contributed by atoms with E-state index in [-0.39, 0.29) is 12.0 Å². The lowest BCUT2D eigenvalue weighted by atomic mass is 9.69. The molecule has 2 amide bonds. The largest absolute Gasteiger partial charge is 0.481 e. The Kier molecular flexibility index (Phi) is 5.63. The number of nitrogens with zero attached hydrogens (tertiary/aromatic N) is 3. The number of anilines is 1. The zero-order valence-electron chi connectivity index (χ0n) is 17.3. The average molecular weight is 402 g/mol. The van der Waals surface area contributed by atoms with Gasteiger partial charge < -0.3 is 19.7 Å². The van der Waals surface area contributed by atoms with Crippen molar-refractivity contribution in [3.63, 3.8) is 0 Å². The molecular formula is C21H30N4O4. The molecule has 1 saturated heterocycles. The topological polar surface area (TPSA) is 84.0 Å². The van der Waals surface area contributed by atoms with E-state index in [0.717, 1.165) is 63.0 Å². The van der Waals surface area contributed by atoms with Gasteiger partial charge in [0.15, 0.2) is 0 Å². The monoisotopic (exact) mass is 402 g/mol. The van der Waals surface area contributed by atoms with E-state index in [2.05, 4.69) is 15.2 Å². The van der Waals surface area contributed by atoms with Crippen LogP contribution in [-0.2, 0) is 14.9 Å². The number of aromatic nitrogens is 1. The van der Waals surface area contributed by atoms with Gasteiger partial charge in [0.1, 0.15) is 0 Å². The predicted octanol–water partition coefficient (Wildman–Crippen LogP) is 2.39. The standard InChI is InChI=1S/C21H30N4O4/c1-3-29-20(27)25-10-4-9-24(11-12-25)15-5-7-21(8-6-15)16-13-18(28-2)22-14-17(16)23-19(21)26/h13-15H,3-12H2,1-2H3,(H,23,26). The van der Waals surface area contributed by atoms with Crippen molar-refractivity contribution in [3.8, 4) is 5.88 Å². The number of methoxy groups -OCH3 is 1. The first-order chi connectivity index (χ1) is 14.1. The molecule has 1 saturated carbocycles. The van der Waals surface area contributed by atoms with Gasteiger partial charge in [0.2, 0.25) is 11.8 Å². The van der Waals surface area contributed by atoms with Gasteiger partial charge in [0, 0.05) is 38.3 Å². The number of rotatable bonds is 3. The molecule has 29 heavy (non-hydrogen) atoms. The van der Waals surface area contributed by atoms with Crippen molar-refractivity contribution < 1.29 is 19.1 Å². The number of nitrogens with one attached hydrogen (secondary N) is 1. The Bertz CT molecular complexity index is 776. The molecule has 3 aliphatic rings. The van der Waals surface area contributed by atoms with Crippen molar-refractivity contribution in [1.82, 2.24) is 14.8 Å². The van der Waals surface area contributed by atoms with Crippen LogP contribution in [0.4, 0.5) is 10.5 Å². The number of pyridine rings is 1. The molecule has 1 spiro atoms. The van der Waals surface area contributed by atoms with Gasteiger partial charge in [-0.1, -0.05) is 0 Å². The summed E-state index contributed by atoms with van der Waals surface area (Å²) >= 11 is 0. The average Bonchev–Trinajstić information content (AvgIpc) is 2.90. The fourth-order valence-corrected chi connectivity index (χ4v) is 5.06. The normalized spacial score (nSPS) is 27.3. The number of amides is 2. The lowest BCUT2D eigenvalue weighted by molar-refractivity contribution is -0.122. The molecule has 1 aromatic rings. The van der Waals surface area contributed by atoms with Crippen LogP contribution >= 0.6 is 0 Å². The van der Waals surface area contributed by atoms with E-state index < -0.39 is 5.41 Å². The molecule has 1 N–H and O–H groups in total. The number of carbonyl (C=O) groups excluding carboxylic acids is 2. The zero-order chi connectivity index (χ0) is 20.4. The van der Waals surface area contributed by atoms with E-state index in [4.69, 9.17) is 9.47 Å². The minimum Gasteiger partial charge on any atom is -0.481 e. The van der Waals surface area contributed by atoms with Crippen molar-refractivity contribution in [2.45, 2.75) is 50.5 Å². The molecule has 1 aliphatic carbocycles. The van der Waals surface area contributed by atoms with Crippen molar-refractivity contribution >= 4 is 17.7 Å². The van der Waals surface area contributed by atoms with Crippen LogP contribution in [0.2, 0.25) is 0 Å². The minimum atomic E-state index is -0.467. The van der Waals surface area contributed by atoms with E-state index >= 15 is 0 Å². The summed E-state index contributed by atoms with van der Waals surface area (Å²) in [5, 5.41) is 3.02. The maximum Gasteiger partial charge on any atom is 0.409 e. The first-order valence-electron chi connectivity index (χ1n) is 10.6. The third-order valence-corrected chi connectivity index (χ3v) is 6.67. The number of fused-ring (bicyclic) bond motifs is 2. The van der Waals surface area contributed by atoms with Crippen LogP contribution in [-0.4, -0.2) is 72.7 Å². The molecule has 0 radical (unpaired) electrons. The van der Waals surface area contributed by atoms with Crippen LogP contribution in [0.15, 0.2) is 12.3 Å². The minimum absolute atomic E-state index is 0.0883. The molecule has 0 atom stereocenters. The Morgan fingerprint density at radius 2 is 2.07 bits per heavy atom. The number of hydrogen-bond donors (Lipinski definition) is 1. The molecule has 8 heteroatoms.